The molecule has 1 fully saturated rings. The van der Waals surface area contributed by atoms with Crippen molar-refractivity contribution in [1.82, 2.24) is 0 Å². The minimum absolute atomic E-state index is 0.0832. The van der Waals surface area contributed by atoms with E-state index in [0.29, 0.717) is 5.02 Å². The SMILES string of the molecule is COc1ccc(N2C(=O)[C@@H](N)[C@H]2c2ccc(Cl)cc2)cc1. The van der Waals surface area contributed by atoms with Gasteiger partial charge in [-0.3, -0.25) is 4.79 Å². The maximum atomic E-state index is 12.1. The van der Waals surface area contributed by atoms with Crippen LogP contribution >= 0.6 is 11.6 Å². The maximum absolute atomic E-state index is 12.1. The van der Waals surface area contributed by atoms with E-state index < -0.39 is 6.04 Å². The quantitative estimate of drug-likeness (QED) is 0.887. The summed E-state index contributed by atoms with van der Waals surface area (Å²) in [6.07, 6.45) is 0. The van der Waals surface area contributed by atoms with Gasteiger partial charge in [-0.25, -0.2) is 0 Å². The number of β-lactam (4-membered cyclic amide) rings is 1. The fourth-order valence-electron chi connectivity index (χ4n) is 2.56. The molecule has 1 aliphatic rings. The van der Waals surface area contributed by atoms with E-state index in [9.17, 15) is 4.79 Å². The summed E-state index contributed by atoms with van der Waals surface area (Å²) in [6, 6.07) is 14.1. The van der Waals surface area contributed by atoms with E-state index in [1.807, 2.05) is 36.4 Å². The van der Waals surface area contributed by atoms with Crippen LogP contribution < -0.4 is 15.4 Å². The van der Waals surface area contributed by atoms with Crippen molar-refractivity contribution in [1.29, 1.82) is 0 Å². The number of carbonyl (C=O) groups is 1. The molecule has 2 N–H and O–H groups in total. The van der Waals surface area contributed by atoms with Crippen LogP contribution in [-0.4, -0.2) is 19.1 Å². The van der Waals surface area contributed by atoms with E-state index in [2.05, 4.69) is 0 Å². The van der Waals surface area contributed by atoms with Crippen LogP contribution in [0.15, 0.2) is 48.5 Å². The third-order valence-electron chi connectivity index (χ3n) is 3.70. The number of hydrogen-bond donors (Lipinski definition) is 1. The summed E-state index contributed by atoms with van der Waals surface area (Å²) < 4.78 is 5.13. The van der Waals surface area contributed by atoms with Gasteiger partial charge in [-0.05, 0) is 42.0 Å². The number of amides is 1. The van der Waals surface area contributed by atoms with Gasteiger partial charge in [0.15, 0.2) is 0 Å². The molecule has 3 rings (SSSR count). The van der Waals surface area contributed by atoms with Crippen molar-refractivity contribution < 1.29 is 9.53 Å². The first-order chi connectivity index (χ1) is 10.1. The minimum Gasteiger partial charge on any atom is -0.497 e. The van der Waals surface area contributed by atoms with Gasteiger partial charge in [0.2, 0.25) is 5.91 Å². The van der Waals surface area contributed by atoms with Crippen LogP contribution in [-0.2, 0) is 4.79 Å². The van der Waals surface area contributed by atoms with Crippen molar-refractivity contribution >= 4 is 23.2 Å². The lowest BCUT2D eigenvalue weighted by atomic mass is 9.88. The monoisotopic (exact) mass is 302 g/mol. The Morgan fingerprint density at radius 3 is 2.29 bits per heavy atom. The lowest BCUT2D eigenvalue weighted by Gasteiger charge is -2.45. The van der Waals surface area contributed by atoms with Crippen LogP contribution in [0, 0.1) is 0 Å². The normalized spacial score (nSPS) is 21.1. The number of benzene rings is 2. The molecular weight excluding hydrogens is 288 g/mol. The van der Waals surface area contributed by atoms with Gasteiger partial charge < -0.3 is 15.4 Å². The smallest absolute Gasteiger partial charge is 0.247 e. The Hall–Kier alpha value is -2.04. The zero-order chi connectivity index (χ0) is 15.0. The Kier molecular flexibility index (Phi) is 3.57. The second-order valence-electron chi connectivity index (χ2n) is 4.93. The van der Waals surface area contributed by atoms with Crippen LogP contribution in [0.2, 0.25) is 5.02 Å². The molecule has 2 aromatic carbocycles. The maximum Gasteiger partial charge on any atom is 0.247 e. The number of rotatable bonds is 3. The molecule has 0 radical (unpaired) electrons. The third-order valence-corrected chi connectivity index (χ3v) is 3.96. The van der Waals surface area contributed by atoms with Gasteiger partial charge in [0, 0.05) is 10.7 Å². The summed E-state index contributed by atoms with van der Waals surface area (Å²) in [7, 11) is 1.61. The molecular formula is C16H15ClN2O2. The predicted octanol–water partition coefficient (Wildman–Crippen LogP) is 2.76. The lowest BCUT2D eigenvalue weighted by molar-refractivity contribution is -0.126. The number of methoxy groups -OCH3 is 1. The highest BCUT2D eigenvalue weighted by atomic mass is 35.5. The van der Waals surface area contributed by atoms with E-state index in [1.165, 1.54) is 0 Å². The Morgan fingerprint density at radius 1 is 1.10 bits per heavy atom. The first-order valence-corrected chi connectivity index (χ1v) is 6.98. The van der Waals surface area contributed by atoms with E-state index in [-0.39, 0.29) is 11.9 Å². The van der Waals surface area contributed by atoms with Crippen molar-refractivity contribution in [3.8, 4) is 5.75 Å². The van der Waals surface area contributed by atoms with Crippen LogP contribution in [0.25, 0.3) is 0 Å². The molecule has 0 aromatic heterocycles. The number of ether oxygens (including phenoxy) is 1. The number of halogens is 1. The average Bonchev–Trinajstić information content (AvgIpc) is 2.53. The summed E-state index contributed by atoms with van der Waals surface area (Å²) in [4.78, 5) is 13.8. The van der Waals surface area contributed by atoms with E-state index in [1.54, 1.807) is 24.1 Å². The van der Waals surface area contributed by atoms with E-state index in [0.717, 1.165) is 17.0 Å². The van der Waals surface area contributed by atoms with Crippen molar-refractivity contribution in [2.24, 2.45) is 5.73 Å². The summed E-state index contributed by atoms with van der Waals surface area (Å²) in [5.74, 6) is 0.666. The van der Waals surface area contributed by atoms with Crippen molar-refractivity contribution in [3.63, 3.8) is 0 Å². The fraction of sp³-hybridized carbons (Fsp3) is 0.188. The van der Waals surface area contributed by atoms with E-state index >= 15 is 0 Å². The first kappa shape index (κ1) is 13.9. The standard InChI is InChI=1S/C16H15ClN2O2/c1-21-13-8-6-12(7-9-13)19-15(14(18)16(19)20)10-2-4-11(17)5-3-10/h2-9,14-15H,18H2,1H3/t14-,15+/m0/s1. The highest BCUT2D eigenvalue weighted by Gasteiger charge is 2.46. The zero-order valence-electron chi connectivity index (χ0n) is 11.5. The fourth-order valence-corrected chi connectivity index (χ4v) is 2.68. The summed E-state index contributed by atoms with van der Waals surface area (Å²) >= 11 is 5.90. The van der Waals surface area contributed by atoms with Gasteiger partial charge in [-0.2, -0.15) is 0 Å². The van der Waals surface area contributed by atoms with Crippen LogP contribution in [0.5, 0.6) is 5.75 Å². The molecule has 2 atom stereocenters. The van der Waals surface area contributed by atoms with Crippen molar-refractivity contribution in [2.45, 2.75) is 12.1 Å². The second kappa shape index (κ2) is 5.39. The number of anilines is 1. The molecule has 1 aliphatic heterocycles. The second-order valence-corrected chi connectivity index (χ2v) is 5.36. The number of nitrogens with zero attached hydrogens (tertiary/aromatic N) is 1. The Bertz CT molecular complexity index is 655. The number of nitrogens with two attached hydrogens (primary N) is 1. The molecule has 2 aromatic rings. The van der Waals surface area contributed by atoms with E-state index in [4.69, 9.17) is 22.1 Å². The van der Waals surface area contributed by atoms with Gasteiger partial charge in [-0.15, -0.1) is 0 Å². The molecule has 4 nitrogen and oxygen atoms in total. The average molecular weight is 303 g/mol. The number of carbonyl (C=O) groups excluding carboxylic acids is 1. The topological polar surface area (TPSA) is 55.6 Å². The van der Waals surface area contributed by atoms with Gasteiger partial charge in [0.1, 0.15) is 11.8 Å². The Balaban J connectivity index is 1.92. The molecule has 0 unspecified atom stereocenters. The molecule has 1 heterocycles. The molecule has 108 valence electrons. The van der Waals surface area contributed by atoms with Gasteiger partial charge >= 0.3 is 0 Å². The molecule has 0 aliphatic carbocycles. The van der Waals surface area contributed by atoms with Gasteiger partial charge in [-0.1, -0.05) is 23.7 Å². The molecule has 0 saturated carbocycles. The molecule has 5 heteroatoms. The third kappa shape index (κ3) is 2.37. The van der Waals surface area contributed by atoms with Crippen LogP contribution in [0.4, 0.5) is 5.69 Å². The molecule has 1 saturated heterocycles. The highest BCUT2D eigenvalue weighted by Crippen LogP contribution is 2.38. The van der Waals surface area contributed by atoms with Crippen molar-refractivity contribution in [2.75, 3.05) is 12.0 Å². The number of hydrogen-bond acceptors (Lipinski definition) is 3. The van der Waals surface area contributed by atoms with Gasteiger partial charge in [0.05, 0.1) is 13.2 Å². The van der Waals surface area contributed by atoms with Crippen LogP contribution in [0.3, 0.4) is 0 Å². The highest BCUT2D eigenvalue weighted by molar-refractivity contribution is 6.30. The Morgan fingerprint density at radius 2 is 1.71 bits per heavy atom. The minimum atomic E-state index is -0.520. The summed E-state index contributed by atoms with van der Waals surface area (Å²) in [6.45, 7) is 0. The Labute approximate surface area is 128 Å². The lowest BCUT2D eigenvalue weighted by Crippen LogP contribution is -2.63. The molecule has 1 amide bonds. The van der Waals surface area contributed by atoms with Gasteiger partial charge in [0.25, 0.3) is 0 Å². The largest absolute Gasteiger partial charge is 0.497 e. The molecule has 21 heavy (non-hydrogen) atoms. The molecule has 0 bridgehead atoms. The summed E-state index contributed by atoms with van der Waals surface area (Å²) in [5.41, 5.74) is 7.75. The first-order valence-electron chi connectivity index (χ1n) is 6.60. The molecule has 0 spiro atoms. The van der Waals surface area contributed by atoms with Crippen LogP contribution in [0.1, 0.15) is 11.6 Å². The van der Waals surface area contributed by atoms with Crippen molar-refractivity contribution in [3.05, 3.63) is 59.1 Å². The summed E-state index contributed by atoms with van der Waals surface area (Å²) in [5, 5.41) is 0.661. The predicted molar refractivity (Wildman–Crippen MR) is 82.6 cm³/mol. The zero-order valence-corrected chi connectivity index (χ0v) is 12.2.